The summed E-state index contributed by atoms with van der Waals surface area (Å²) in [4.78, 5) is 0. The van der Waals surface area contributed by atoms with E-state index in [9.17, 15) is 0 Å². The Bertz CT molecular complexity index is 631. The molecule has 0 aliphatic carbocycles. The van der Waals surface area contributed by atoms with Crippen LogP contribution in [0, 0.1) is 0 Å². The molecule has 60 heavy (non-hydrogen) atoms. The van der Waals surface area contributed by atoms with Crippen LogP contribution in [0.25, 0.3) is 0 Å². The normalized spacial score (nSPS) is 12.3. The zero-order valence-electron chi connectivity index (χ0n) is 43.7. The Balaban J connectivity index is 5.16. The predicted molar refractivity (Wildman–Crippen MR) is 290 cm³/mol. The van der Waals surface area contributed by atoms with Gasteiger partial charge in [0, 0.05) is 14.5 Å². The lowest BCUT2D eigenvalue weighted by Gasteiger charge is -2.29. The van der Waals surface area contributed by atoms with Gasteiger partial charge in [-0.1, -0.05) is 221 Å². The summed E-state index contributed by atoms with van der Waals surface area (Å²) in [5.74, 6) is 0. The van der Waals surface area contributed by atoms with Gasteiger partial charge in [-0.3, -0.25) is 0 Å². The minimum absolute atomic E-state index is 0.794. The first-order valence-corrected chi connectivity index (χ1v) is 34.3. The number of rotatable bonds is 53. The Morgan fingerprint density at radius 2 is 0.233 bits per heavy atom. The fraction of sp³-hybridized carbons (Fsp3) is 1.00. The molecule has 0 aromatic carbocycles. The maximum absolute atomic E-state index is 2.37. The van der Waals surface area contributed by atoms with Crippen LogP contribution in [0.5, 0.6) is 0 Å². The van der Waals surface area contributed by atoms with Crippen LogP contribution in [0.15, 0.2) is 0 Å². The van der Waals surface area contributed by atoms with Crippen LogP contribution in [0.3, 0.4) is 0 Å². The maximum atomic E-state index is 2.37. The Kier molecular flexibility index (Phi) is 50.0. The molecule has 0 aliphatic heterocycles. The highest BCUT2D eigenvalue weighted by atomic mass is 31.2. The van der Waals surface area contributed by atoms with E-state index in [1.807, 2.05) is 0 Å². The molecular weight excluding hydrogens is 759 g/mol. The highest BCUT2D eigenvalue weighted by Crippen LogP contribution is 2.62. The van der Waals surface area contributed by atoms with Gasteiger partial charge in [-0.15, -0.1) is 0 Å². The van der Waals surface area contributed by atoms with Crippen LogP contribution in [0.4, 0.5) is 0 Å². The van der Waals surface area contributed by atoms with Crippen molar-refractivity contribution in [1.82, 2.24) is 0 Å². The molecule has 0 aromatic heterocycles. The third kappa shape index (κ3) is 40.4. The lowest BCUT2D eigenvalue weighted by molar-refractivity contribution is 0.583. The molecule has 2 heteroatoms. The molecular formula is C58H122P2+2. The van der Waals surface area contributed by atoms with Gasteiger partial charge < -0.3 is 0 Å². The molecule has 0 aromatic rings. The molecule has 0 atom stereocenters. The molecule has 0 saturated carbocycles. The molecule has 0 aliphatic rings. The monoisotopic (exact) mass is 881 g/mol. The summed E-state index contributed by atoms with van der Waals surface area (Å²) in [7, 11) is -1.59. The topological polar surface area (TPSA) is 0 Å². The van der Waals surface area contributed by atoms with Gasteiger partial charge >= 0.3 is 0 Å². The van der Waals surface area contributed by atoms with Crippen LogP contribution in [0.2, 0.25) is 0 Å². The molecule has 0 nitrogen and oxygen atoms in total. The zero-order valence-corrected chi connectivity index (χ0v) is 45.5. The largest absolute Gasteiger partial charge is 0.0654 e. The van der Waals surface area contributed by atoms with E-state index in [2.05, 4.69) is 41.5 Å². The summed E-state index contributed by atoms with van der Waals surface area (Å²) < 4.78 is 0. The first-order chi connectivity index (χ1) is 29.6. The molecule has 0 bridgehead atoms. The Morgan fingerprint density at radius 3 is 0.350 bits per heavy atom. The molecule has 0 saturated heterocycles. The van der Waals surface area contributed by atoms with Gasteiger partial charge in [0.25, 0.3) is 0 Å². The van der Waals surface area contributed by atoms with Gasteiger partial charge in [0.05, 0.1) is 49.3 Å². The van der Waals surface area contributed by atoms with Crippen molar-refractivity contribution in [3.8, 4) is 0 Å². The SMILES string of the molecule is CCCCCCCC[P+](CCCCCCCC)(CCCCCCCC)CCCCCCCCCC[P+](CCCCCCCC)(CCCCCCCC)CCCCCCCC. The Labute approximate surface area is 386 Å². The smallest absolute Gasteiger partial charge is 0.0594 e. The lowest BCUT2D eigenvalue weighted by atomic mass is 10.1. The standard InChI is InChI=1S/C58H122P2/c1-7-13-19-25-35-43-51-59(52-44-36-26-20-14-8-2,53-45-37-27-21-15-9-3)57-49-41-33-31-32-34-42-50-58-60(54-46-38-28-22-16-10-4,55-47-39-29-23-17-11-5)56-48-40-30-24-18-12-6/h7-58H2,1-6H3/q+2. The second-order valence-electron chi connectivity index (χ2n) is 20.9. The average molecular weight is 882 g/mol. The summed E-state index contributed by atoms with van der Waals surface area (Å²) >= 11 is 0. The molecule has 0 N–H and O–H groups in total. The minimum atomic E-state index is -0.794. The maximum Gasteiger partial charge on any atom is 0.0594 e. The van der Waals surface area contributed by atoms with Crippen LogP contribution in [-0.2, 0) is 0 Å². The van der Waals surface area contributed by atoms with Crippen molar-refractivity contribution in [1.29, 1.82) is 0 Å². The molecule has 0 radical (unpaired) electrons. The van der Waals surface area contributed by atoms with Crippen molar-refractivity contribution < 1.29 is 0 Å². The first-order valence-electron chi connectivity index (χ1n) is 29.3. The summed E-state index contributed by atoms with van der Waals surface area (Å²) in [6, 6.07) is 0. The summed E-state index contributed by atoms with van der Waals surface area (Å²) in [5.41, 5.74) is 0. The quantitative estimate of drug-likeness (QED) is 0.0422. The Hall–Kier alpha value is 0.860. The molecule has 0 unspecified atom stereocenters. The van der Waals surface area contributed by atoms with Gasteiger partial charge in [0.2, 0.25) is 0 Å². The van der Waals surface area contributed by atoms with Gasteiger partial charge in [-0.2, -0.15) is 0 Å². The number of hydrogen-bond donors (Lipinski definition) is 0. The van der Waals surface area contributed by atoms with E-state index in [0.717, 1.165) is 0 Å². The molecule has 0 fully saturated rings. The van der Waals surface area contributed by atoms with Gasteiger partial charge in [0.1, 0.15) is 0 Å². The molecule has 362 valence electrons. The van der Waals surface area contributed by atoms with E-state index in [-0.39, 0.29) is 0 Å². The van der Waals surface area contributed by atoms with Crippen molar-refractivity contribution in [3.05, 3.63) is 0 Å². The first kappa shape index (κ1) is 60.9. The number of unbranched alkanes of at least 4 members (excludes halogenated alkanes) is 37. The average Bonchev–Trinajstić information content (AvgIpc) is 3.26. The van der Waals surface area contributed by atoms with E-state index >= 15 is 0 Å². The molecule has 0 spiro atoms. The van der Waals surface area contributed by atoms with Crippen LogP contribution >= 0.6 is 14.5 Å². The van der Waals surface area contributed by atoms with Crippen LogP contribution in [0.1, 0.15) is 324 Å². The highest BCUT2D eigenvalue weighted by molar-refractivity contribution is 7.76. The third-order valence-electron chi connectivity index (χ3n) is 14.9. The second-order valence-corrected chi connectivity index (χ2v) is 29.9. The van der Waals surface area contributed by atoms with Gasteiger partial charge in [-0.25, -0.2) is 0 Å². The van der Waals surface area contributed by atoms with Crippen molar-refractivity contribution in [3.63, 3.8) is 0 Å². The zero-order chi connectivity index (χ0) is 43.8. The van der Waals surface area contributed by atoms with E-state index in [4.69, 9.17) is 0 Å². The van der Waals surface area contributed by atoms with Crippen molar-refractivity contribution >= 4 is 14.5 Å². The molecule has 0 rings (SSSR count). The predicted octanol–water partition coefficient (Wildman–Crippen LogP) is 22.3. The van der Waals surface area contributed by atoms with E-state index in [0.29, 0.717) is 0 Å². The number of hydrogen-bond acceptors (Lipinski definition) is 0. The highest BCUT2D eigenvalue weighted by Gasteiger charge is 2.36. The minimum Gasteiger partial charge on any atom is -0.0654 e. The van der Waals surface area contributed by atoms with Gasteiger partial charge in [0.15, 0.2) is 0 Å². The van der Waals surface area contributed by atoms with E-state index in [1.54, 1.807) is 101 Å². The summed E-state index contributed by atoms with van der Waals surface area (Å²) in [6.07, 6.45) is 79.0. The van der Waals surface area contributed by atoms with Crippen LogP contribution in [-0.4, -0.2) is 49.3 Å². The van der Waals surface area contributed by atoms with Crippen molar-refractivity contribution in [2.75, 3.05) is 49.3 Å². The summed E-state index contributed by atoms with van der Waals surface area (Å²) in [6.45, 7) is 14.2. The molecule has 0 heterocycles. The van der Waals surface area contributed by atoms with Crippen molar-refractivity contribution in [2.24, 2.45) is 0 Å². The lowest BCUT2D eigenvalue weighted by Crippen LogP contribution is -2.13. The van der Waals surface area contributed by atoms with E-state index < -0.39 is 14.5 Å². The molecule has 0 amide bonds. The third-order valence-corrected chi connectivity index (χ3v) is 25.1. The fourth-order valence-electron chi connectivity index (χ4n) is 10.7. The summed E-state index contributed by atoms with van der Waals surface area (Å²) in [5, 5.41) is 0. The van der Waals surface area contributed by atoms with Gasteiger partial charge in [-0.05, 0) is 103 Å². The van der Waals surface area contributed by atoms with Crippen LogP contribution < -0.4 is 0 Å². The second kappa shape index (κ2) is 49.3. The van der Waals surface area contributed by atoms with E-state index in [1.165, 1.54) is 231 Å². The Morgan fingerprint density at radius 1 is 0.133 bits per heavy atom. The van der Waals surface area contributed by atoms with Crippen molar-refractivity contribution in [2.45, 2.75) is 324 Å². The fourth-order valence-corrected chi connectivity index (χ4v) is 20.5.